The summed E-state index contributed by atoms with van der Waals surface area (Å²) in [5.74, 6) is 1.61. The van der Waals surface area contributed by atoms with Gasteiger partial charge in [-0.05, 0) is 37.0 Å². The van der Waals surface area contributed by atoms with E-state index in [0.717, 1.165) is 42.5 Å². The maximum atomic E-state index is 11.9. The van der Waals surface area contributed by atoms with Crippen LogP contribution < -0.4 is 14.2 Å². The molecule has 0 aliphatic carbocycles. The molecule has 2 rings (SSSR count). The zero-order valence-electron chi connectivity index (χ0n) is 15.0. The number of rotatable bonds is 8. The van der Waals surface area contributed by atoms with Gasteiger partial charge in [0.25, 0.3) is 0 Å². The molecule has 1 heterocycles. The van der Waals surface area contributed by atoms with E-state index in [2.05, 4.69) is 25.6 Å². The Morgan fingerprint density at radius 2 is 1.80 bits per heavy atom. The average molecular weight is 435 g/mol. The molecule has 0 unspecified atom stereocenters. The Hall–Kier alpha value is -0.830. The quantitative estimate of drug-likeness (QED) is 0.680. The van der Waals surface area contributed by atoms with Crippen LogP contribution in [0.25, 0.3) is 0 Å². The second-order valence-electron chi connectivity index (χ2n) is 6.29. The van der Waals surface area contributed by atoms with Crippen LogP contribution in [0.4, 0.5) is 0 Å². The Morgan fingerprint density at radius 3 is 2.36 bits per heavy atom. The third kappa shape index (κ3) is 5.84. The summed E-state index contributed by atoms with van der Waals surface area (Å²) < 4.78 is 38.3. The van der Waals surface area contributed by atoms with E-state index in [4.69, 9.17) is 9.47 Å². The van der Waals surface area contributed by atoms with E-state index >= 15 is 0 Å². The first-order valence-corrected chi connectivity index (χ1v) is 11.0. The highest BCUT2D eigenvalue weighted by molar-refractivity contribution is 9.10. The minimum absolute atomic E-state index is 0.0432. The van der Waals surface area contributed by atoms with E-state index in [9.17, 15) is 8.42 Å². The highest BCUT2D eigenvalue weighted by atomic mass is 79.9. The molecule has 1 N–H and O–H groups in total. The van der Waals surface area contributed by atoms with Gasteiger partial charge in [-0.15, -0.1) is 0 Å². The minimum atomic E-state index is -3.14. The molecule has 1 saturated heterocycles. The molecule has 0 atom stereocenters. The van der Waals surface area contributed by atoms with Gasteiger partial charge in [0, 0.05) is 30.1 Å². The van der Waals surface area contributed by atoms with Crippen LogP contribution in [0.5, 0.6) is 11.5 Å². The van der Waals surface area contributed by atoms with Crippen LogP contribution in [0.15, 0.2) is 16.6 Å². The molecule has 1 aromatic rings. The summed E-state index contributed by atoms with van der Waals surface area (Å²) in [6.07, 6.45) is 2.29. The summed E-state index contributed by atoms with van der Waals surface area (Å²) in [6, 6.07) is 3.94. The maximum Gasteiger partial charge on any atom is 0.211 e. The van der Waals surface area contributed by atoms with Crippen molar-refractivity contribution in [3.63, 3.8) is 0 Å². The number of nitrogens with one attached hydrogen (secondary N) is 1. The number of nitrogens with zero attached hydrogens (tertiary/aromatic N) is 1. The second-order valence-corrected chi connectivity index (χ2v) is 9.01. The zero-order valence-corrected chi connectivity index (χ0v) is 17.5. The van der Waals surface area contributed by atoms with Crippen LogP contribution in [-0.4, -0.2) is 52.4 Å². The van der Waals surface area contributed by atoms with Gasteiger partial charge in [0.15, 0.2) is 11.5 Å². The number of halogens is 1. The third-order valence-corrected chi connectivity index (χ3v) is 6.73. The second kappa shape index (κ2) is 9.21. The van der Waals surface area contributed by atoms with Crippen LogP contribution in [-0.2, 0) is 16.6 Å². The molecule has 0 radical (unpaired) electrons. The molecule has 0 spiro atoms. The van der Waals surface area contributed by atoms with Crippen molar-refractivity contribution in [1.29, 1.82) is 0 Å². The van der Waals surface area contributed by atoms with Crippen LogP contribution in [0.2, 0.25) is 0 Å². The monoisotopic (exact) mass is 434 g/mol. The topological polar surface area (TPSA) is 67.9 Å². The number of benzene rings is 1. The van der Waals surface area contributed by atoms with Crippen molar-refractivity contribution in [2.45, 2.75) is 38.8 Å². The van der Waals surface area contributed by atoms with Gasteiger partial charge in [-0.1, -0.05) is 22.9 Å². The summed E-state index contributed by atoms with van der Waals surface area (Å²) in [4.78, 5) is 2.33. The fraction of sp³-hybridized carbons (Fsp3) is 0.647. The maximum absolute atomic E-state index is 11.9. The molecule has 1 aromatic carbocycles. The molecular weight excluding hydrogens is 408 g/mol. The molecule has 0 aromatic heterocycles. The average Bonchev–Trinajstić information content (AvgIpc) is 2.57. The molecule has 1 aliphatic heterocycles. The third-order valence-electron chi connectivity index (χ3n) is 4.35. The normalized spacial score (nSPS) is 16.8. The molecule has 6 nitrogen and oxygen atoms in total. The standard InChI is InChI=1S/C17H27BrN2O4S/c1-4-9-25(21,22)19-14-5-7-20(8-6-14)12-13-10-16(23-2)17(24-3)11-15(13)18/h10-11,14,19H,4-9,12H2,1-3H3. The van der Waals surface area contributed by atoms with Crippen molar-refractivity contribution >= 4 is 26.0 Å². The first-order valence-electron chi connectivity index (χ1n) is 8.51. The zero-order chi connectivity index (χ0) is 18.4. The lowest BCUT2D eigenvalue weighted by Gasteiger charge is -2.32. The van der Waals surface area contributed by atoms with Gasteiger partial charge in [-0.3, -0.25) is 4.90 Å². The molecule has 1 fully saturated rings. The van der Waals surface area contributed by atoms with Gasteiger partial charge in [0.05, 0.1) is 20.0 Å². The predicted molar refractivity (Wildman–Crippen MR) is 103 cm³/mol. The molecular formula is C17H27BrN2O4S. The van der Waals surface area contributed by atoms with Crippen LogP contribution in [0, 0.1) is 0 Å². The van der Waals surface area contributed by atoms with E-state index in [1.807, 2.05) is 19.1 Å². The van der Waals surface area contributed by atoms with Gasteiger partial charge in [0.1, 0.15) is 0 Å². The molecule has 0 amide bonds. The number of hydrogen-bond acceptors (Lipinski definition) is 5. The van der Waals surface area contributed by atoms with Gasteiger partial charge in [-0.2, -0.15) is 0 Å². The number of sulfonamides is 1. The van der Waals surface area contributed by atoms with Crippen molar-refractivity contribution in [3.8, 4) is 11.5 Å². The molecule has 142 valence electrons. The van der Waals surface area contributed by atoms with E-state index in [1.165, 1.54) is 0 Å². The Morgan fingerprint density at radius 1 is 1.20 bits per heavy atom. The van der Waals surface area contributed by atoms with Crippen molar-refractivity contribution in [3.05, 3.63) is 22.2 Å². The van der Waals surface area contributed by atoms with E-state index in [0.29, 0.717) is 17.9 Å². The van der Waals surface area contributed by atoms with Gasteiger partial charge in [-0.25, -0.2) is 13.1 Å². The summed E-state index contributed by atoms with van der Waals surface area (Å²) in [6.45, 7) is 4.39. The lowest BCUT2D eigenvalue weighted by molar-refractivity contribution is 0.199. The number of ether oxygens (including phenoxy) is 2. The van der Waals surface area contributed by atoms with Crippen LogP contribution in [0.3, 0.4) is 0 Å². The number of piperidine rings is 1. The Labute approximate surface area is 159 Å². The minimum Gasteiger partial charge on any atom is -0.493 e. The SMILES string of the molecule is CCCS(=O)(=O)NC1CCN(Cc2cc(OC)c(OC)cc2Br)CC1. The smallest absolute Gasteiger partial charge is 0.211 e. The molecule has 0 bridgehead atoms. The largest absolute Gasteiger partial charge is 0.493 e. The van der Waals surface area contributed by atoms with E-state index in [-0.39, 0.29) is 11.8 Å². The van der Waals surface area contributed by atoms with Crippen LogP contribution >= 0.6 is 15.9 Å². The fourth-order valence-electron chi connectivity index (χ4n) is 3.05. The number of hydrogen-bond donors (Lipinski definition) is 1. The van der Waals surface area contributed by atoms with Gasteiger partial charge >= 0.3 is 0 Å². The molecule has 8 heteroatoms. The summed E-state index contributed by atoms with van der Waals surface area (Å²) >= 11 is 3.59. The lowest BCUT2D eigenvalue weighted by atomic mass is 10.1. The van der Waals surface area contributed by atoms with Crippen LogP contribution in [0.1, 0.15) is 31.7 Å². The van der Waals surface area contributed by atoms with Crippen molar-refractivity contribution in [1.82, 2.24) is 9.62 Å². The summed E-state index contributed by atoms with van der Waals surface area (Å²) in [5.41, 5.74) is 1.13. The van der Waals surface area contributed by atoms with Crippen molar-refractivity contribution in [2.75, 3.05) is 33.1 Å². The Balaban J connectivity index is 1.94. The predicted octanol–water partition coefficient (Wildman–Crippen LogP) is 2.76. The fourth-order valence-corrected chi connectivity index (χ4v) is 4.90. The van der Waals surface area contributed by atoms with E-state index in [1.54, 1.807) is 14.2 Å². The first-order chi connectivity index (χ1) is 11.9. The van der Waals surface area contributed by atoms with Gasteiger partial charge < -0.3 is 9.47 Å². The lowest BCUT2D eigenvalue weighted by Crippen LogP contribution is -2.44. The van der Waals surface area contributed by atoms with Gasteiger partial charge in [0.2, 0.25) is 10.0 Å². The molecule has 25 heavy (non-hydrogen) atoms. The van der Waals surface area contributed by atoms with Crippen molar-refractivity contribution < 1.29 is 17.9 Å². The van der Waals surface area contributed by atoms with E-state index < -0.39 is 10.0 Å². The first kappa shape index (κ1) is 20.5. The van der Waals surface area contributed by atoms with Crippen molar-refractivity contribution in [2.24, 2.45) is 0 Å². The number of likely N-dealkylation sites (tertiary alicyclic amines) is 1. The Bertz CT molecular complexity index is 673. The summed E-state index contributed by atoms with van der Waals surface area (Å²) in [5, 5.41) is 0. The highest BCUT2D eigenvalue weighted by Crippen LogP contribution is 2.34. The number of methoxy groups -OCH3 is 2. The summed E-state index contributed by atoms with van der Waals surface area (Å²) in [7, 11) is 0.110. The Kier molecular flexibility index (Phi) is 7.54. The molecule has 1 aliphatic rings. The molecule has 0 saturated carbocycles. The highest BCUT2D eigenvalue weighted by Gasteiger charge is 2.23.